The highest BCUT2D eigenvalue weighted by molar-refractivity contribution is 5.99. The first-order valence-electron chi connectivity index (χ1n) is 5.68. The number of amidine groups is 1. The zero-order valence-corrected chi connectivity index (χ0v) is 9.06. The Bertz CT molecular complexity index is 430. The molecule has 1 saturated heterocycles. The van der Waals surface area contributed by atoms with Gasteiger partial charge in [-0.1, -0.05) is 0 Å². The van der Waals surface area contributed by atoms with E-state index in [1.807, 2.05) is 0 Å². The van der Waals surface area contributed by atoms with Crippen molar-refractivity contribution in [1.29, 1.82) is 5.41 Å². The van der Waals surface area contributed by atoms with Gasteiger partial charge >= 0.3 is 0 Å². The fourth-order valence-electron chi connectivity index (χ4n) is 2.93. The van der Waals surface area contributed by atoms with E-state index in [1.165, 1.54) is 19.3 Å². The Hall–Kier alpha value is -1.65. The molecule has 2 atom stereocenters. The topological polar surface area (TPSA) is 78.9 Å². The normalized spacial score (nSPS) is 27.4. The Kier molecular flexibility index (Phi) is 2.05. The zero-order chi connectivity index (χ0) is 11.1. The van der Waals surface area contributed by atoms with Crippen LogP contribution >= 0.6 is 0 Å². The van der Waals surface area contributed by atoms with Crippen LogP contribution in [0.1, 0.15) is 24.8 Å². The summed E-state index contributed by atoms with van der Waals surface area (Å²) in [5.74, 6) is 1.67. The van der Waals surface area contributed by atoms with E-state index in [4.69, 9.17) is 11.1 Å². The number of nitrogen functional groups attached to an aromatic ring is 1. The number of piperidine rings is 1. The van der Waals surface area contributed by atoms with E-state index in [1.54, 1.807) is 12.3 Å². The Morgan fingerprint density at radius 1 is 1.50 bits per heavy atom. The van der Waals surface area contributed by atoms with Crippen molar-refractivity contribution in [3.8, 4) is 0 Å². The molecule has 3 N–H and O–H groups in total. The average molecular weight is 217 g/mol. The van der Waals surface area contributed by atoms with Crippen molar-refractivity contribution in [2.75, 3.05) is 11.4 Å². The maximum atomic E-state index is 7.56. The van der Waals surface area contributed by atoms with Crippen molar-refractivity contribution < 1.29 is 0 Å². The molecule has 0 aromatic carbocycles. The van der Waals surface area contributed by atoms with Crippen LogP contribution in [0.5, 0.6) is 0 Å². The molecule has 2 heterocycles. The fourth-order valence-corrected chi connectivity index (χ4v) is 2.93. The SMILES string of the molecule is N=C(N)c1ccnnc1N1CC2CCC1C2. The van der Waals surface area contributed by atoms with Gasteiger partial charge in [-0.05, 0) is 31.2 Å². The fraction of sp³-hybridized carbons (Fsp3) is 0.545. The molecule has 1 aliphatic heterocycles. The van der Waals surface area contributed by atoms with Crippen LogP contribution in [0.2, 0.25) is 0 Å². The molecular formula is C11H15N5. The van der Waals surface area contributed by atoms with E-state index in [0.717, 1.165) is 18.3 Å². The van der Waals surface area contributed by atoms with Crippen molar-refractivity contribution in [3.63, 3.8) is 0 Å². The van der Waals surface area contributed by atoms with Crippen LogP contribution in [0.15, 0.2) is 12.3 Å². The standard InChI is InChI=1S/C11H15N5/c12-10(13)9-3-4-14-15-11(9)16-6-7-1-2-8(16)5-7/h3-4,7-8H,1-2,5-6H2,(H3,12,13). The van der Waals surface area contributed by atoms with E-state index in [2.05, 4.69) is 15.1 Å². The van der Waals surface area contributed by atoms with Gasteiger partial charge in [0.15, 0.2) is 5.82 Å². The molecule has 0 spiro atoms. The van der Waals surface area contributed by atoms with Gasteiger partial charge in [-0.2, -0.15) is 5.10 Å². The molecule has 5 nitrogen and oxygen atoms in total. The lowest BCUT2D eigenvalue weighted by molar-refractivity contribution is 0.548. The first-order valence-corrected chi connectivity index (χ1v) is 5.68. The van der Waals surface area contributed by atoms with Gasteiger partial charge in [0.05, 0.1) is 11.8 Å². The van der Waals surface area contributed by atoms with Gasteiger partial charge in [-0.15, -0.1) is 5.10 Å². The molecule has 1 aromatic heterocycles. The second-order valence-electron chi connectivity index (χ2n) is 4.67. The van der Waals surface area contributed by atoms with Crippen molar-refractivity contribution in [3.05, 3.63) is 17.8 Å². The lowest BCUT2D eigenvalue weighted by Gasteiger charge is -2.28. The minimum absolute atomic E-state index is 0.0765. The third-order valence-electron chi connectivity index (χ3n) is 3.67. The monoisotopic (exact) mass is 217 g/mol. The van der Waals surface area contributed by atoms with Gasteiger partial charge in [-0.3, -0.25) is 5.41 Å². The number of anilines is 1. The zero-order valence-electron chi connectivity index (χ0n) is 9.06. The molecule has 0 radical (unpaired) electrons. The van der Waals surface area contributed by atoms with Gasteiger partial charge in [0.2, 0.25) is 0 Å². The van der Waals surface area contributed by atoms with Crippen LogP contribution in [0, 0.1) is 11.3 Å². The minimum Gasteiger partial charge on any atom is -0.384 e. The van der Waals surface area contributed by atoms with E-state index < -0.39 is 0 Å². The van der Waals surface area contributed by atoms with Gasteiger partial charge in [-0.25, -0.2) is 0 Å². The molecule has 2 fully saturated rings. The highest BCUT2D eigenvalue weighted by Gasteiger charge is 2.39. The summed E-state index contributed by atoms with van der Waals surface area (Å²) in [6, 6.07) is 2.36. The summed E-state index contributed by atoms with van der Waals surface area (Å²) in [4.78, 5) is 2.28. The van der Waals surface area contributed by atoms with Crippen LogP contribution in [0.4, 0.5) is 5.82 Å². The third kappa shape index (κ3) is 1.35. The summed E-state index contributed by atoms with van der Waals surface area (Å²) in [6.45, 7) is 1.05. The molecule has 84 valence electrons. The lowest BCUT2D eigenvalue weighted by atomic mass is 10.1. The predicted molar refractivity (Wildman–Crippen MR) is 61.5 cm³/mol. The predicted octanol–water partition coefficient (Wildman–Crippen LogP) is 0.749. The minimum atomic E-state index is 0.0765. The first kappa shape index (κ1) is 9.57. The van der Waals surface area contributed by atoms with Crippen molar-refractivity contribution in [2.45, 2.75) is 25.3 Å². The highest BCUT2D eigenvalue weighted by Crippen LogP contribution is 2.40. The Labute approximate surface area is 94.2 Å². The van der Waals surface area contributed by atoms with Crippen molar-refractivity contribution in [1.82, 2.24) is 10.2 Å². The quantitative estimate of drug-likeness (QED) is 0.566. The molecule has 2 aliphatic rings. The first-order chi connectivity index (χ1) is 7.75. The molecule has 16 heavy (non-hydrogen) atoms. The largest absolute Gasteiger partial charge is 0.384 e. The van der Waals surface area contributed by atoms with Crippen LogP contribution in [0.25, 0.3) is 0 Å². The van der Waals surface area contributed by atoms with Crippen LogP contribution in [-0.2, 0) is 0 Å². The van der Waals surface area contributed by atoms with Crippen LogP contribution in [0.3, 0.4) is 0 Å². The number of nitrogens with two attached hydrogens (primary N) is 1. The second kappa shape index (κ2) is 3.43. The molecule has 0 amide bonds. The van der Waals surface area contributed by atoms with E-state index in [-0.39, 0.29) is 5.84 Å². The number of fused-ring (bicyclic) bond motifs is 2. The van der Waals surface area contributed by atoms with Gasteiger partial charge in [0.25, 0.3) is 0 Å². The van der Waals surface area contributed by atoms with Crippen LogP contribution < -0.4 is 10.6 Å². The Balaban J connectivity index is 1.97. The Morgan fingerprint density at radius 2 is 2.38 bits per heavy atom. The maximum absolute atomic E-state index is 7.56. The molecule has 1 aliphatic carbocycles. The number of aromatic nitrogens is 2. The van der Waals surface area contributed by atoms with Gasteiger partial charge in [0, 0.05) is 12.6 Å². The molecule has 1 aromatic rings. The smallest absolute Gasteiger partial charge is 0.162 e. The summed E-state index contributed by atoms with van der Waals surface area (Å²) < 4.78 is 0. The number of hydrogen-bond donors (Lipinski definition) is 2. The summed E-state index contributed by atoms with van der Waals surface area (Å²) in [5.41, 5.74) is 6.28. The maximum Gasteiger partial charge on any atom is 0.162 e. The van der Waals surface area contributed by atoms with Gasteiger partial charge < -0.3 is 10.6 Å². The molecular weight excluding hydrogens is 202 g/mol. The highest BCUT2D eigenvalue weighted by atomic mass is 15.3. The van der Waals surface area contributed by atoms with Crippen molar-refractivity contribution in [2.24, 2.45) is 11.7 Å². The van der Waals surface area contributed by atoms with E-state index >= 15 is 0 Å². The van der Waals surface area contributed by atoms with Crippen molar-refractivity contribution >= 4 is 11.7 Å². The summed E-state index contributed by atoms with van der Waals surface area (Å²) >= 11 is 0. The lowest BCUT2D eigenvalue weighted by Crippen LogP contribution is -2.34. The second-order valence-corrected chi connectivity index (χ2v) is 4.67. The number of rotatable bonds is 2. The third-order valence-corrected chi connectivity index (χ3v) is 3.67. The summed E-state index contributed by atoms with van der Waals surface area (Å²) in [7, 11) is 0. The number of hydrogen-bond acceptors (Lipinski definition) is 4. The molecule has 5 heteroatoms. The Morgan fingerprint density at radius 3 is 3.00 bits per heavy atom. The van der Waals surface area contributed by atoms with Gasteiger partial charge in [0.1, 0.15) is 5.84 Å². The summed E-state index contributed by atoms with van der Waals surface area (Å²) in [5, 5.41) is 15.6. The molecule has 2 bridgehead atoms. The van der Waals surface area contributed by atoms with Crippen LogP contribution in [-0.4, -0.2) is 28.6 Å². The number of nitrogens with one attached hydrogen (secondary N) is 1. The van der Waals surface area contributed by atoms with E-state index in [0.29, 0.717) is 11.6 Å². The summed E-state index contributed by atoms with van der Waals surface area (Å²) in [6.07, 6.45) is 5.41. The van der Waals surface area contributed by atoms with E-state index in [9.17, 15) is 0 Å². The number of nitrogens with zero attached hydrogens (tertiary/aromatic N) is 3. The molecule has 3 rings (SSSR count). The average Bonchev–Trinajstić information content (AvgIpc) is 2.90. The molecule has 1 saturated carbocycles. The molecule has 2 unspecified atom stereocenters.